The minimum atomic E-state index is -3.78. The standard InChI is InChI=1S/C7H4BrClN4O2S2/c8-4-1-5(7(9)10-2-4)17(14,15)12-6-3-11-13-16-6/h1-3,12H. The van der Waals surface area contributed by atoms with Crippen LogP contribution in [0.2, 0.25) is 5.15 Å². The fourth-order valence-corrected chi connectivity index (χ4v) is 3.62. The summed E-state index contributed by atoms with van der Waals surface area (Å²) in [7, 11) is -3.78. The van der Waals surface area contributed by atoms with E-state index in [4.69, 9.17) is 11.6 Å². The van der Waals surface area contributed by atoms with Gasteiger partial charge in [-0.15, -0.1) is 5.10 Å². The van der Waals surface area contributed by atoms with Crippen LogP contribution in [0, 0.1) is 0 Å². The third-order valence-electron chi connectivity index (χ3n) is 1.66. The molecule has 2 rings (SSSR count). The molecule has 0 aromatic carbocycles. The Bertz CT molecular complexity index is 631. The van der Waals surface area contributed by atoms with Gasteiger partial charge in [-0.05, 0) is 22.0 Å². The van der Waals surface area contributed by atoms with Crippen LogP contribution in [-0.4, -0.2) is 23.0 Å². The van der Waals surface area contributed by atoms with Crippen LogP contribution < -0.4 is 4.72 Å². The van der Waals surface area contributed by atoms with E-state index in [9.17, 15) is 8.42 Å². The first-order valence-electron chi connectivity index (χ1n) is 4.10. The highest BCUT2D eigenvalue weighted by atomic mass is 79.9. The van der Waals surface area contributed by atoms with Crippen molar-refractivity contribution in [1.29, 1.82) is 0 Å². The van der Waals surface area contributed by atoms with Crippen LogP contribution in [0.5, 0.6) is 0 Å². The molecule has 0 atom stereocenters. The first-order chi connectivity index (χ1) is 7.99. The summed E-state index contributed by atoms with van der Waals surface area (Å²) in [4.78, 5) is 3.64. The van der Waals surface area contributed by atoms with Gasteiger partial charge in [-0.2, -0.15) is 0 Å². The molecule has 0 spiro atoms. The SMILES string of the molecule is O=S(=O)(Nc1cnns1)c1cc(Br)cnc1Cl. The first kappa shape index (κ1) is 12.7. The fourth-order valence-electron chi connectivity index (χ4n) is 0.992. The van der Waals surface area contributed by atoms with E-state index in [-0.39, 0.29) is 10.0 Å². The van der Waals surface area contributed by atoms with E-state index in [0.717, 1.165) is 11.5 Å². The van der Waals surface area contributed by atoms with Gasteiger partial charge in [-0.3, -0.25) is 4.72 Å². The molecule has 17 heavy (non-hydrogen) atoms. The van der Waals surface area contributed by atoms with Crippen LogP contribution in [0.15, 0.2) is 27.8 Å². The van der Waals surface area contributed by atoms with Gasteiger partial charge in [-0.25, -0.2) is 13.4 Å². The van der Waals surface area contributed by atoms with E-state index in [2.05, 4.69) is 35.2 Å². The molecule has 1 N–H and O–H groups in total. The molecule has 10 heteroatoms. The number of pyridine rings is 1. The van der Waals surface area contributed by atoms with Gasteiger partial charge in [0.15, 0.2) is 0 Å². The molecular weight excluding hydrogens is 352 g/mol. The van der Waals surface area contributed by atoms with Crippen LogP contribution in [0.3, 0.4) is 0 Å². The van der Waals surface area contributed by atoms with Crippen molar-refractivity contribution in [2.24, 2.45) is 0 Å². The Kier molecular flexibility index (Phi) is 3.61. The van der Waals surface area contributed by atoms with Crippen molar-refractivity contribution in [2.75, 3.05) is 4.72 Å². The van der Waals surface area contributed by atoms with Crippen molar-refractivity contribution in [3.8, 4) is 0 Å². The highest BCUT2D eigenvalue weighted by molar-refractivity contribution is 9.10. The minimum Gasteiger partial charge on any atom is -0.268 e. The van der Waals surface area contributed by atoms with Crippen LogP contribution in [0.25, 0.3) is 0 Å². The summed E-state index contributed by atoms with van der Waals surface area (Å²) < 4.78 is 30.3. The molecule has 0 fully saturated rings. The largest absolute Gasteiger partial charge is 0.268 e. The lowest BCUT2D eigenvalue weighted by Crippen LogP contribution is -2.13. The zero-order valence-electron chi connectivity index (χ0n) is 7.96. The average molecular weight is 356 g/mol. The molecular formula is C7H4BrClN4O2S2. The summed E-state index contributed by atoms with van der Waals surface area (Å²) in [6.45, 7) is 0. The lowest BCUT2D eigenvalue weighted by Gasteiger charge is -2.06. The predicted molar refractivity (Wildman–Crippen MR) is 67.7 cm³/mol. The summed E-state index contributed by atoms with van der Waals surface area (Å²) in [5.74, 6) is 0. The molecule has 90 valence electrons. The van der Waals surface area contributed by atoms with Gasteiger partial charge in [0.1, 0.15) is 15.0 Å². The van der Waals surface area contributed by atoms with Gasteiger partial charge in [0.25, 0.3) is 10.0 Å². The zero-order valence-corrected chi connectivity index (χ0v) is 11.9. The fraction of sp³-hybridized carbons (Fsp3) is 0. The van der Waals surface area contributed by atoms with Crippen molar-refractivity contribution in [1.82, 2.24) is 14.6 Å². The van der Waals surface area contributed by atoms with Gasteiger partial charge in [0, 0.05) is 22.2 Å². The van der Waals surface area contributed by atoms with Gasteiger partial charge in [-0.1, -0.05) is 16.1 Å². The zero-order chi connectivity index (χ0) is 12.5. The molecule has 0 unspecified atom stereocenters. The Morgan fingerprint density at radius 1 is 1.41 bits per heavy atom. The second kappa shape index (κ2) is 4.84. The summed E-state index contributed by atoms with van der Waals surface area (Å²) in [6.07, 6.45) is 2.72. The van der Waals surface area contributed by atoms with Crippen molar-refractivity contribution in [2.45, 2.75) is 4.90 Å². The molecule has 2 aromatic heterocycles. The Morgan fingerprint density at radius 2 is 2.18 bits per heavy atom. The van der Waals surface area contributed by atoms with E-state index >= 15 is 0 Å². The summed E-state index contributed by atoms with van der Waals surface area (Å²) in [5, 5.41) is 3.73. The van der Waals surface area contributed by atoms with E-state index in [1.807, 2.05) is 0 Å². The number of hydrogen-bond donors (Lipinski definition) is 1. The van der Waals surface area contributed by atoms with Crippen LogP contribution in [0.4, 0.5) is 5.00 Å². The maximum atomic E-state index is 12.0. The van der Waals surface area contributed by atoms with E-state index in [1.165, 1.54) is 18.5 Å². The quantitative estimate of drug-likeness (QED) is 0.853. The molecule has 2 aromatic rings. The number of nitrogens with zero attached hydrogens (tertiary/aromatic N) is 3. The number of anilines is 1. The van der Waals surface area contributed by atoms with Crippen molar-refractivity contribution in [3.05, 3.63) is 28.1 Å². The molecule has 0 bridgehead atoms. The van der Waals surface area contributed by atoms with Crippen LogP contribution >= 0.6 is 39.1 Å². The molecule has 6 nitrogen and oxygen atoms in total. The van der Waals surface area contributed by atoms with Crippen LogP contribution in [0.1, 0.15) is 0 Å². The Hall–Kier alpha value is -0.770. The average Bonchev–Trinajstić information content (AvgIpc) is 2.73. The van der Waals surface area contributed by atoms with E-state index < -0.39 is 10.0 Å². The van der Waals surface area contributed by atoms with Crippen molar-refractivity contribution >= 4 is 54.1 Å². The highest BCUT2D eigenvalue weighted by Crippen LogP contribution is 2.25. The number of nitrogens with one attached hydrogen (secondary N) is 1. The summed E-state index contributed by atoms with van der Waals surface area (Å²) >= 11 is 9.80. The molecule has 0 aliphatic heterocycles. The second-order valence-corrected chi connectivity index (χ2v) is 6.54. The second-order valence-electron chi connectivity index (χ2n) is 2.83. The predicted octanol–water partition coefficient (Wildman–Crippen LogP) is 2.15. The van der Waals surface area contributed by atoms with Gasteiger partial charge >= 0.3 is 0 Å². The number of rotatable bonds is 3. The van der Waals surface area contributed by atoms with Crippen molar-refractivity contribution < 1.29 is 8.42 Å². The molecule has 0 radical (unpaired) electrons. The molecule has 2 heterocycles. The maximum Gasteiger partial charge on any atom is 0.265 e. The third kappa shape index (κ3) is 2.92. The monoisotopic (exact) mass is 354 g/mol. The molecule has 0 aliphatic carbocycles. The third-order valence-corrected chi connectivity index (χ3v) is 4.59. The molecule has 0 aliphatic rings. The Morgan fingerprint density at radius 3 is 2.82 bits per heavy atom. The molecule has 0 saturated heterocycles. The lowest BCUT2D eigenvalue weighted by atomic mass is 10.5. The van der Waals surface area contributed by atoms with E-state index in [1.54, 1.807) is 0 Å². The van der Waals surface area contributed by atoms with Gasteiger partial charge < -0.3 is 0 Å². The lowest BCUT2D eigenvalue weighted by molar-refractivity contribution is 0.601. The number of aromatic nitrogens is 3. The van der Waals surface area contributed by atoms with Crippen molar-refractivity contribution in [3.63, 3.8) is 0 Å². The van der Waals surface area contributed by atoms with Gasteiger partial charge in [0.2, 0.25) is 0 Å². The maximum absolute atomic E-state index is 12.0. The Balaban J connectivity index is 2.41. The number of sulfonamides is 1. The van der Waals surface area contributed by atoms with Gasteiger partial charge in [0.05, 0.1) is 6.20 Å². The normalized spacial score (nSPS) is 11.4. The highest BCUT2D eigenvalue weighted by Gasteiger charge is 2.20. The number of hydrogen-bond acceptors (Lipinski definition) is 6. The summed E-state index contributed by atoms with van der Waals surface area (Å²) in [6, 6.07) is 1.37. The van der Waals surface area contributed by atoms with Crippen LogP contribution in [-0.2, 0) is 10.0 Å². The minimum absolute atomic E-state index is 0.0989. The number of halogens is 2. The van der Waals surface area contributed by atoms with E-state index in [0.29, 0.717) is 9.47 Å². The first-order valence-corrected chi connectivity index (χ1v) is 7.53. The molecule has 0 amide bonds. The summed E-state index contributed by atoms with van der Waals surface area (Å²) in [5.41, 5.74) is 0. The topological polar surface area (TPSA) is 84.8 Å². The molecule has 0 saturated carbocycles. The smallest absolute Gasteiger partial charge is 0.265 e. The Labute approximate surface area is 114 Å².